The van der Waals surface area contributed by atoms with E-state index in [2.05, 4.69) is 5.32 Å². The van der Waals surface area contributed by atoms with Gasteiger partial charge in [-0.2, -0.15) is 11.8 Å². The van der Waals surface area contributed by atoms with Gasteiger partial charge in [0.25, 0.3) is 0 Å². The molecule has 2 rings (SSSR count). The van der Waals surface area contributed by atoms with Gasteiger partial charge in [-0.1, -0.05) is 12.8 Å². The number of carboxylic acids is 1. The van der Waals surface area contributed by atoms with Gasteiger partial charge in [-0.3, -0.25) is 4.79 Å². The van der Waals surface area contributed by atoms with E-state index in [-0.39, 0.29) is 18.6 Å². The van der Waals surface area contributed by atoms with Crippen LogP contribution in [0.25, 0.3) is 0 Å². The number of aliphatic carboxylic acids is 1. The molecule has 1 saturated heterocycles. The summed E-state index contributed by atoms with van der Waals surface area (Å²) in [4.78, 5) is 23.3. The summed E-state index contributed by atoms with van der Waals surface area (Å²) in [6, 6.07) is 0. The molecule has 1 aliphatic heterocycles. The van der Waals surface area contributed by atoms with Gasteiger partial charge in [0.05, 0.1) is 6.10 Å². The molecule has 0 aromatic rings. The van der Waals surface area contributed by atoms with Gasteiger partial charge in [0.1, 0.15) is 12.1 Å². The minimum atomic E-state index is -1.08. The number of nitrogens with one attached hydrogen (secondary N) is 1. The van der Waals surface area contributed by atoms with Crippen LogP contribution in [0.3, 0.4) is 0 Å². The summed E-state index contributed by atoms with van der Waals surface area (Å²) in [5, 5.41) is 12.0. The van der Waals surface area contributed by atoms with Crippen LogP contribution in [0.2, 0.25) is 0 Å². The van der Waals surface area contributed by atoms with Crippen LogP contribution in [0, 0.1) is 0 Å². The highest BCUT2D eigenvalue weighted by Crippen LogP contribution is 2.27. The second-order valence-corrected chi connectivity index (χ2v) is 6.49. The monoisotopic (exact) mass is 287 g/mol. The van der Waals surface area contributed by atoms with Crippen LogP contribution in [0.5, 0.6) is 0 Å². The third kappa shape index (κ3) is 3.86. The predicted molar refractivity (Wildman–Crippen MR) is 73.3 cm³/mol. The Labute approximate surface area is 117 Å². The van der Waals surface area contributed by atoms with Gasteiger partial charge in [0, 0.05) is 0 Å². The number of rotatable bonds is 5. The summed E-state index contributed by atoms with van der Waals surface area (Å²) in [5.41, 5.74) is -1.08. The van der Waals surface area contributed by atoms with E-state index in [0.29, 0.717) is 12.8 Å². The van der Waals surface area contributed by atoms with Crippen molar-refractivity contribution in [3.63, 3.8) is 0 Å². The second kappa shape index (κ2) is 6.61. The Morgan fingerprint density at radius 3 is 2.47 bits per heavy atom. The largest absolute Gasteiger partial charge is 0.480 e. The molecule has 2 N–H and O–H groups in total. The van der Waals surface area contributed by atoms with Crippen molar-refractivity contribution < 1.29 is 19.4 Å². The molecule has 0 bridgehead atoms. The van der Waals surface area contributed by atoms with Crippen molar-refractivity contribution in [3.8, 4) is 0 Å². The summed E-state index contributed by atoms with van der Waals surface area (Å²) in [6.45, 7) is -0.0210. The van der Waals surface area contributed by atoms with Gasteiger partial charge in [-0.25, -0.2) is 4.79 Å². The summed E-state index contributed by atoms with van der Waals surface area (Å²) in [6.07, 6.45) is 5.48. The zero-order chi connectivity index (χ0) is 13.7. The summed E-state index contributed by atoms with van der Waals surface area (Å²) < 4.78 is 5.52. The summed E-state index contributed by atoms with van der Waals surface area (Å²) in [5.74, 6) is 0.315. The Morgan fingerprint density at radius 2 is 1.89 bits per heavy atom. The fraction of sp³-hybridized carbons (Fsp3) is 0.846. The molecule has 0 unspecified atom stereocenters. The van der Waals surface area contributed by atoms with Crippen LogP contribution in [0.4, 0.5) is 0 Å². The first-order valence-electron chi connectivity index (χ1n) is 6.86. The molecule has 1 heterocycles. The molecular formula is C13H21NO4S. The zero-order valence-corrected chi connectivity index (χ0v) is 11.8. The van der Waals surface area contributed by atoms with Crippen molar-refractivity contribution in [1.29, 1.82) is 0 Å². The van der Waals surface area contributed by atoms with Crippen LogP contribution in [-0.4, -0.2) is 46.7 Å². The first-order valence-corrected chi connectivity index (χ1v) is 8.02. The van der Waals surface area contributed by atoms with E-state index in [9.17, 15) is 14.7 Å². The third-order valence-corrected chi connectivity index (χ3v) is 4.87. The maximum absolute atomic E-state index is 11.9. The van der Waals surface area contributed by atoms with E-state index in [1.165, 1.54) is 0 Å². The highest BCUT2D eigenvalue weighted by molar-refractivity contribution is 7.99. The molecule has 6 heteroatoms. The minimum absolute atomic E-state index is 0.0210. The molecule has 108 valence electrons. The molecule has 2 aliphatic rings. The quantitative estimate of drug-likeness (QED) is 0.799. The molecule has 0 atom stereocenters. The third-order valence-electron chi connectivity index (χ3n) is 3.89. The molecule has 5 nitrogen and oxygen atoms in total. The standard InChI is InChI=1S/C13H21NO4S/c15-11(9-18-10-3-1-2-4-10)14-13(12(16)17)5-7-19-8-6-13/h10H,1-9H2,(H,14,15)(H,16,17). The smallest absolute Gasteiger partial charge is 0.329 e. The van der Waals surface area contributed by atoms with Gasteiger partial charge < -0.3 is 15.2 Å². The first-order chi connectivity index (χ1) is 9.12. The van der Waals surface area contributed by atoms with Gasteiger partial charge in [0.15, 0.2) is 0 Å². The highest BCUT2D eigenvalue weighted by Gasteiger charge is 2.41. The van der Waals surface area contributed by atoms with E-state index >= 15 is 0 Å². The number of carboxylic acid groups (broad SMARTS) is 1. The fourth-order valence-corrected chi connectivity index (χ4v) is 3.85. The Balaban J connectivity index is 1.82. The van der Waals surface area contributed by atoms with Crippen molar-refractivity contribution in [2.75, 3.05) is 18.1 Å². The molecule has 1 aliphatic carbocycles. The molecule has 0 spiro atoms. The number of thioether (sulfide) groups is 1. The Morgan fingerprint density at radius 1 is 1.26 bits per heavy atom. The predicted octanol–water partition coefficient (Wildman–Crippen LogP) is 1.41. The summed E-state index contributed by atoms with van der Waals surface area (Å²) in [7, 11) is 0. The molecule has 0 aromatic carbocycles. The lowest BCUT2D eigenvalue weighted by Gasteiger charge is -2.33. The molecule has 2 fully saturated rings. The van der Waals surface area contributed by atoms with Crippen LogP contribution in [0.15, 0.2) is 0 Å². The Bertz CT molecular complexity index is 336. The number of hydrogen-bond acceptors (Lipinski definition) is 4. The van der Waals surface area contributed by atoms with Gasteiger partial charge >= 0.3 is 5.97 Å². The van der Waals surface area contributed by atoms with Gasteiger partial charge in [-0.05, 0) is 37.2 Å². The lowest BCUT2D eigenvalue weighted by molar-refractivity contribution is -0.149. The van der Waals surface area contributed by atoms with E-state index in [0.717, 1.165) is 37.2 Å². The lowest BCUT2D eigenvalue weighted by Crippen LogP contribution is -2.57. The number of amides is 1. The van der Waals surface area contributed by atoms with E-state index in [1.54, 1.807) is 11.8 Å². The van der Waals surface area contributed by atoms with Crippen molar-refractivity contribution in [2.24, 2.45) is 0 Å². The number of carbonyl (C=O) groups excluding carboxylic acids is 1. The van der Waals surface area contributed by atoms with Crippen molar-refractivity contribution in [3.05, 3.63) is 0 Å². The number of carbonyl (C=O) groups is 2. The molecule has 19 heavy (non-hydrogen) atoms. The average Bonchev–Trinajstić information content (AvgIpc) is 2.90. The number of hydrogen-bond donors (Lipinski definition) is 2. The van der Waals surface area contributed by atoms with Crippen molar-refractivity contribution in [1.82, 2.24) is 5.32 Å². The van der Waals surface area contributed by atoms with Crippen LogP contribution < -0.4 is 5.32 Å². The van der Waals surface area contributed by atoms with Crippen LogP contribution in [-0.2, 0) is 14.3 Å². The Kier molecular flexibility index (Phi) is 5.10. The fourth-order valence-electron chi connectivity index (χ4n) is 2.66. The molecule has 1 saturated carbocycles. The first kappa shape index (κ1) is 14.7. The minimum Gasteiger partial charge on any atom is -0.480 e. The average molecular weight is 287 g/mol. The van der Waals surface area contributed by atoms with E-state index in [1.807, 2.05) is 0 Å². The normalized spacial score (nSPS) is 23.2. The van der Waals surface area contributed by atoms with E-state index in [4.69, 9.17) is 4.74 Å². The van der Waals surface area contributed by atoms with Gasteiger partial charge in [0.2, 0.25) is 5.91 Å². The topological polar surface area (TPSA) is 75.6 Å². The van der Waals surface area contributed by atoms with E-state index < -0.39 is 11.5 Å². The maximum atomic E-state index is 11.9. The molecule has 1 amide bonds. The molecule has 0 radical (unpaired) electrons. The van der Waals surface area contributed by atoms with Crippen LogP contribution >= 0.6 is 11.8 Å². The van der Waals surface area contributed by atoms with Crippen LogP contribution in [0.1, 0.15) is 38.5 Å². The second-order valence-electron chi connectivity index (χ2n) is 5.27. The molecular weight excluding hydrogens is 266 g/mol. The molecule has 0 aromatic heterocycles. The van der Waals surface area contributed by atoms with Crippen molar-refractivity contribution >= 4 is 23.6 Å². The Hall–Kier alpha value is -0.750. The van der Waals surface area contributed by atoms with Gasteiger partial charge in [-0.15, -0.1) is 0 Å². The maximum Gasteiger partial charge on any atom is 0.329 e. The number of ether oxygens (including phenoxy) is 1. The van der Waals surface area contributed by atoms with Crippen molar-refractivity contribution in [2.45, 2.75) is 50.2 Å². The summed E-state index contributed by atoms with van der Waals surface area (Å²) >= 11 is 1.73. The lowest BCUT2D eigenvalue weighted by atomic mass is 9.92. The zero-order valence-electron chi connectivity index (χ0n) is 11.0. The highest BCUT2D eigenvalue weighted by atomic mass is 32.2. The SMILES string of the molecule is O=C(COC1CCCC1)NC1(C(=O)O)CCSCC1.